The van der Waals surface area contributed by atoms with Gasteiger partial charge in [-0.25, -0.2) is 0 Å². The minimum Gasteiger partial charge on any atom is -0.507 e. The van der Waals surface area contributed by atoms with Crippen LogP contribution in [0.4, 0.5) is 5.69 Å². The third-order valence-electron chi connectivity index (χ3n) is 3.66. The van der Waals surface area contributed by atoms with E-state index in [2.05, 4.69) is 15.3 Å². The number of phenols is 2. The van der Waals surface area contributed by atoms with Crippen LogP contribution in [0.3, 0.4) is 0 Å². The van der Waals surface area contributed by atoms with Crippen LogP contribution in [0.15, 0.2) is 35.4 Å². The van der Waals surface area contributed by atoms with Crippen LogP contribution in [0.25, 0.3) is 10.4 Å². The maximum Gasteiger partial charge on any atom is 0.230 e. The maximum absolute atomic E-state index is 12.6. The van der Waals surface area contributed by atoms with Crippen LogP contribution in [0.1, 0.15) is 31.8 Å². The van der Waals surface area contributed by atoms with Crippen molar-refractivity contribution in [1.29, 1.82) is 0 Å². The van der Waals surface area contributed by atoms with E-state index in [0.717, 1.165) is 6.07 Å². The van der Waals surface area contributed by atoms with Crippen LogP contribution in [0, 0.1) is 0 Å². The third kappa shape index (κ3) is 2.64. The number of azide groups is 1. The van der Waals surface area contributed by atoms with Crippen LogP contribution < -0.4 is 5.32 Å². The van der Waals surface area contributed by atoms with Gasteiger partial charge in [0.1, 0.15) is 18.0 Å². The fraction of sp³-hybridized carbons (Fsp3) is 0.0625. The molecule has 3 N–H and O–H groups in total. The molecular formula is C16H10N4O5. The van der Waals surface area contributed by atoms with Crippen molar-refractivity contribution in [2.75, 3.05) is 11.9 Å². The molecule has 1 aliphatic carbocycles. The summed E-state index contributed by atoms with van der Waals surface area (Å²) >= 11 is 0. The normalized spacial score (nSPS) is 12.0. The summed E-state index contributed by atoms with van der Waals surface area (Å²) in [5.41, 5.74) is 7.77. The predicted octanol–water partition coefficient (Wildman–Crippen LogP) is 2.12. The highest BCUT2D eigenvalue weighted by Gasteiger charge is 2.34. The number of benzene rings is 2. The Morgan fingerprint density at radius 3 is 2.52 bits per heavy atom. The first kappa shape index (κ1) is 16.0. The van der Waals surface area contributed by atoms with Gasteiger partial charge in [0.25, 0.3) is 0 Å². The lowest BCUT2D eigenvalue weighted by molar-refractivity contribution is -0.114. The van der Waals surface area contributed by atoms with Gasteiger partial charge in [-0.05, 0) is 17.7 Å². The van der Waals surface area contributed by atoms with Crippen molar-refractivity contribution in [3.05, 3.63) is 63.0 Å². The second-order valence-electron chi connectivity index (χ2n) is 5.21. The lowest BCUT2D eigenvalue weighted by atomic mass is 9.83. The lowest BCUT2D eigenvalue weighted by Crippen LogP contribution is -2.22. The highest BCUT2D eigenvalue weighted by molar-refractivity contribution is 6.30. The Labute approximate surface area is 140 Å². The minimum absolute atomic E-state index is 0.00876. The number of phenolic OH excluding ortho intramolecular Hbond substituents is 2. The summed E-state index contributed by atoms with van der Waals surface area (Å²) in [7, 11) is 0. The minimum atomic E-state index is -0.688. The first-order valence-electron chi connectivity index (χ1n) is 7.03. The molecule has 0 bridgehead atoms. The molecule has 9 nitrogen and oxygen atoms in total. The van der Waals surface area contributed by atoms with Crippen LogP contribution in [-0.2, 0) is 4.79 Å². The summed E-state index contributed by atoms with van der Waals surface area (Å²) in [5.74, 6) is -2.77. The first-order valence-corrected chi connectivity index (χ1v) is 7.03. The molecular weight excluding hydrogens is 328 g/mol. The number of hydrogen-bond donors (Lipinski definition) is 3. The van der Waals surface area contributed by atoms with Gasteiger partial charge < -0.3 is 15.5 Å². The predicted molar refractivity (Wildman–Crippen MR) is 85.7 cm³/mol. The van der Waals surface area contributed by atoms with E-state index >= 15 is 0 Å². The van der Waals surface area contributed by atoms with Crippen molar-refractivity contribution < 1.29 is 24.6 Å². The van der Waals surface area contributed by atoms with E-state index in [1.807, 2.05) is 0 Å². The third-order valence-corrected chi connectivity index (χ3v) is 3.66. The van der Waals surface area contributed by atoms with Crippen LogP contribution >= 0.6 is 0 Å². The molecule has 0 saturated heterocycles. The van der Waals surface area contributed by atoms with Crippen molar-refractivity contribution >= 4 is 23.2 Å². The molecule has 0 aromatic heterocycles. The summed E-state index contributed by atoms with van der Waals surface area (Å²) in [6, 6.07) is 6.44. The summed E-state index contributed by atoms with van der Waals surface area (Å²) in [6.45, 7) is -0.460. The Balaban J connectivity index is 2.08. The Bertz CT molecular complexity index is 992. The van der Waals surface area contributed by atoms with Crippen molar-refractivity contribution in [2.24, 2.45) is 5.11 Å². The van der Waals surface area contributed by atoms with Crippen LogP contribution in [-0.4, -0.2) is 34.2 Å². The number of nitrogens with one attached hydrogen (secondary N) is 1. The van der Waals surface area contributed by atoms with E-state index in [4.69, 9.17) is 5.53 Å². The number of anilines is 1. The SMILES string of the molecule is [N-]=[N+]=NCC(=O)Nc1cc(O)c2c(c1)C(=O)c1cccc(O)c1C2=O. The Hall–Kier alpha value is -3.84. The monoisotopic (exact) mass is 338 g/mol. The molecule has 25 heavy (non-hydrogen) atoms. The summed E-state index contributed by atoms with van der Waals surface area (Å²) in [5, 5.41) is 25.5. The molecule has 2 aromatic rings. The second-order valence-corrected chi connectivity index (χ2v) is 5.21. The molecule has 0 heterocycles. The molecule has 1 amide bonds. The summed E-state index contributed by atoms with van der Waals surface area (Å²) in [4.78, 5) is 39.2. The Kier molecular flexibility index (Phi) is 3.84. The quantitative estimate of drug-likeness (QED) is 0.379. The molecule has 1 aliphatic rings. The second kappa shape index (κ2) is 5.99. The number of carbonyl (C=O) groups is 3. The number of aromatic hydroxyl groups is 2. The smallest absolute Gasteiger partial charge is 0.230 e. The molecule has 2 aromatic carbocycles. The van der Waals surface area contributed by atoms with E-state index in [0.29, 0.717) is 0 Å². The van der Waals surface area contributed by atoms with Gasteiger partial charge in [0.05, 0.1) is 11.1 Å². The molecule has 0 saturated carbocycles. The van der Waals surface area contributed by atoms with Gasteiger partial charge in [0.2, 0.25) is 11.7 Å². The number of amides is 1. The molecule has 0 atom stereocenters. The first-order chi connectivity index (χ1) is 11.9. The van der Waals surface area contributed by atoms with Crippen molar-refractivity contribution in [3.63, 3.8) is 0 Å². The fourth-order valence-electron chi connectivity index (χ4n) is 2.65. The van der Waals surface area contributed by atoms with Gasteiger partial charge in [-0.3, -0.25) is 14.4 Å². The van der Waals surface area contributed by atoms with Gasteiger partial charge in [-0.15, -0.1) is 0 Å². The lowest BCUT2D eigenvalue weighted by Gasteiger charge is -2.20. The van der Waals surface area contributed by atoms with E-state index in [-0.39, 0.29) is 33.7 Å². The average molecular weight is 338 g/mol. The number of rotatable bonds is 3. The molecule has 0 spiro atoms. The zero-order valence-electron chi connectivity index (χ0n) is 12.6. The fourth-order valence-corrected chi connectivity index (χ4v) is 2.65. The largest absolute Gasteiger partial charge is 0.507 e. The van der Waals surface area contributed by atoms with Gasteiger partial charge in [-0.1, -0.05) is 17.2 Å². The van der Waals surface area contributed by atoms with Gasteiger partial charge in [0, 0.05) is 27.8 Å². The van der Waals surface area contributed by atoms with Gasteiger partial charge >= 0.3 is 0 Å². The Morgan fingerprint density at radius 2 is 1.80 bits per heavy atom. The van der Waals surface area contributed by atoms with Crippen molar-refractivity contribution in [2.45, 2.75) is 0 Å². The zero-order valence-corrected chi connectivity index (χ0v) is 12.6. The standard InChI is InChI=1S/C16H10N4O5/c17-20-18-6-12(23)19-7-4-9-14(11(22)5-7)16(25)13-8(15(9)24)2-1-3-10(13)21/h1-5,21-22H,6H2,(H,19,23). The number of ketones is 2. The number of carbonyl (C=O) groups excluding carboxylic acids is 3. The van der Waals surface area contributed by atoms with E-state index < -0.39 is 29.8 Å². The summed E-state index contributed by atoms with van der Waals surface area (Å²) < 4.78 is 0. The number of fused-ring (bicyclic) bond motifs is 2. The highest BCUT2D eigenvalue weighted by Crippen LogP contribution is 2.38. The molecule has 0 radical (unpaired) electrons. The number of nitrogens with zero attached hydrogens (tertiary/aromatic N) is 3. The molecule has 3 rings (SSSR count). The van der Waals surface area contributed by atoms with Crippen molar-refractivity contribution in [1.82, 2.24) is 0 Å². The molecule has 0 unspecified atom stereocenters. The number of hydrogen-bond acceptors (Lipinski definition) is 6. The molecule has 0 aliphatic heterocycles. The van der Waals surface area contributed by atoms with Crippen LogP contribution in [0.2, 0.25) is 0 Å². The average Bonchev–Trinajstić information content (AvgIpc) is 2.57. The summed E-state index contributed by atoms with van der Waals surface area (Å²) in [6.07, 6.45) is 0. The van der Waals surface area contributed by atoms with E-state index in [1.54, 1.807) is 0 Å². The molecule has 9 heteroatoms. The van der Waals surface area contributed by atoms with E-state index in [9.17, 15) is 24.6 Å². The topological polar surface area (TPSA) is 152 Å². The van der Waals surface area contributed by atoms with Gasteiger partial charge in [-0.2, -0.15) is 0 Å². The molecule has 0 fully saturated rings. The van der Waals surface area contributed by atoms with Crippen molar-refractivity contribution in [3.8, 4) is 11.5 Å². The van der Waals surface area contributed by atoms with Gasteiger partial charge in [0.15, 0.2) is 5.78 Å². The van der Waals surface area contributed by atoms with Crippen LogP contribution in [0.5, 0.6) is 11.5 Å². The molecule has 124 valence electrons. The zero-order chi connectivity index (χ0) is 18.1. The highest BCUT2D eigenvalue weighted by atomic mass is 16.3. The Morgan fingerprint density at radius 1 is 1.08 bits per heavy atom. The maximum atomic E-state index is 12.6. The van der Waals surface area contributed by atoms with E-state index in [1.165, 1.54) is 24.3 Å².